The molecule has 0 spiro atoms. The zero-order valence-corrected chi connectivity index (χ0v) is 9.30. The van der Waals surface area contributed by atoms with E-state index in [0.29, 0.717) is 5.92 Å². The predicted octanol–water partition coefficient (Wildman–Crippen LogP) is 2.84. The van der Waals surface area contributed by atoms with E-state index in [4.69, 9.17) is 11.6 Å². The minimum Gasteiger partial charge on any atom is -0.383 e. The molecule has 2 rings (SSSR count). The summed E-state index contributed by atoms with van der Waals surface area (Å²) in [5.74, 6) is 0.658. The highest BCUT2D eigenvalue weighted by atomic mass is 35.5. The number of rotatable bonds is 0. The Hall–Kier alpha value is -0.890. The lowest BCUT2D eigenvalue weighted by atomic mass is 10.2. The van der Waals surface area contributed by atoms with Gasteiger partial charge in [0.1, 0.15) is 0 Å². The minimum absolute atomic E-state index is 0.658. The van der Waals surface area contributed by atoms with E-state index in [-0.39, 0.29) is 0 Å². The lowest BCUT2D eigenvalue weighted by Crippen LogP contribution is -2.23. The SMILES string of the molecule is CC1CNc2cc(Cl)ccc2N(C)C1. The Morgan fingerprint density at radius 3 is 3.07 bits per heavy atom. The summed E-state index contributed by atoms with van der Waals surface area (Å²) in [6, 6.07) is 6.00. The van der Waals surface area contributed by atoms with Crippen molar-refractivity contribution in [3.63, 3.8) is 0 Å². The second kappa shape index (κ2) is 3.70. The minimum atomic E-state index is 0.658. The third-order valence-corrected chi connectivity index (χ3v) is 2.83. The molecule has 1 N–H and O–H groups in total. The molecule has 0 aliphatic carbocycles. The number of hydrogen-bond acceptors (Lipinski definition) is 2. The first-order valence-electron chi connectivity index (χ1n) is 4.91. The molecule has 1 aliphatic heterocycles. The second-order valence-electron chi connectivity index (χ2n) is 4.03. The van der Waals surface area contributed by atoms with Crippen LogP contribution >= 0.6 is 11.6 Å². The van der Waals surface area contributed by atoms with Crippen LogP contribution in [0.25, 0.3) is 0 Å². The number of hydrogen-bond donors (Lipinski definition) is 1. The molecule has 0 bridgehead atoms. The number of nitrogens with zero attached hydrogens (tertiary/aromatic N) is 1. The van der Waals surface area contributed by atoms with Gasteiger partial charge in [-0.3, -0.25) is 0 Å². The first-order valence-corrected chi connectivity index (χ1v) is 5.29. The molecule has 76 valence electrons. The molecule has 1 atom stereocenters. The Morgan fingerprint density at radius 1 is 1.50 bits per heavy atom. The molecule has 2 nitrogen and oxygen atoms in total. The highest BCUT2D eigenvalue weighted by Gasteiger charge is 2.15. The van der Waals surface area contributed by atoms with Gasteiger partial charge >= 0.3 is 0 Å². The molecule has 1 aliphatic rings. The zero-order chi connectivity index (χ0) is 10.1. The molecule has 0 saturated carbocycles. The number of anilines is 2. The molecular weight excluding hydrogens is 196 g/mol. The van der Waals surface area contributed by atoms with Crippen molar-refractivity contribution in [1.82, 2.24) is 0 Å². The Labute approximate surface area is 89.9 Å². The van der Waals surface area contributed by atoms with E-state index in [1.54, 1.807) is 0 Å². The van der Waals surface area contributed by atoms with Crippen LogP contribution in [0.2, 0.25) is 5.02 Å². The fraction of sp³-hybridized carbons (Fsp3) is 0.455. The normalized spacial score (nSPS) is 21.1. The van der Waals surface area contributed by atoms with Crippen LogP contribution in [0, 0.1) is 5.92 Å². The van der Waals surface area contributed by atoms with Gasteiger partial charge < -0.3 is 10.2 Å². The van der Waals surface area contributed by atoms with Crippen molar-refractivity contribution in [2.75, 3.05) is 30.4 Å². The maximum Gasteiger partial charge on any atom is 0.0600 e. The fourth-order valence-electron chi connectivity index (χ4n) is 1.90. The molecule has 0 radical (unpaired) electrons. The van der Waals surface area contributed by atoms with E-state index in [1.807, 2.05) is 12.1 Å². The van der Waals surface area contributed by atoms with Crippen LogP contribution in [0.5, 0.6) is 0 Å². The van der Waals surface area contributed by atoms with Gasteiger partial charge in [0, 0.05) is 25.2 Å². The van der Waals surface area contributed by atoms with Crippen LogP contribution in [0.4, 0.5) is 11.4 Å². The molecule has 0 saturated heterocycles. The average Bonchev–Trinajstić information content (AvgIpc) is 2.26. The van der Waals surface area contributed by atoms with E-state index in [9.17, 15) is 0 Å². The summed E-state index contributed by atoms with van der Waals surface area (Å²) in [5.41, 5.74) is 2.38. The van der Waals surface area contributed by atoms with E-state index >= 15 is 0 Å². The van der Waals surface area contributed by atoms with E-state index < -0.39 is 0 Å². The smallest absolute Gasteiger partial charge is 0.0600 e. The molecule has 1 heterocycles. The average molecular weight is 211 g/mol. The standard InChI is InChI=1S/C11H15ClN2/c1-8-6-13-10-5-9(12)3-4-11(10)14(2)7-8/h3-5,8,13H,6-7H2,1-2H3. The molecule has 0 fully saturated rings. The van der Waals surface area contributed by atoms with Gasteiger partial charge in [-0.2, -0.15) is 0 Å². The molecular formula is C11H15ClN2. The van der Waals surface area contributed by atoms with Crippen molar-refractivity contribution in [3.8, 4) is 0 Å². The predicted molar refractivity (Wildman–Crippen MR) is 62.4 cm³/mol. The lowest BCUT2D eigenvalue weighted by Gasteiger charge is -2.20. The number of benzene rings is 1. The Morgan fingerprint density at radius 2 is 2.29 bits per heavy atom. The number of fused-ring (bicyclic) bond motifs is 1. The van der Waals surface area contributed by atoms with Gasteiger partial charge in [-0.25, -0.2) is 0 Å². The first-order chi connectivity index (χ1) is 6.66. The van der Waals surface area contributed by atoms with Gasteiger partial charge in [0.15, 0.2) is 0 Å². The monoisotopic (exact) mass is 210 g/mol. The summed E-state index contributed by atoms with van der Waals surface area (Å²) in [5, 5.41) is 4.21. The Kier molecular flexibility index (Phi) is 2.55. The topological polar surface area (TPSA) is 15.3 Å². The highest BCUT2D eigenvalue weighted by molar-refractivity contribution is 6.31. The van der Waals surface area contributed by atoms with Gasteiger partial charge in [-0.15, -0.1) is 0 Å². The maximum atomic E-state index is 5.96. The van der Waals surface area contributed by atoms with Gasteiger partial charge in [-0.05, 0) is 24.1 Å². The van der Waals surface area contributed by atoms with Gasteiger partial charge in [-0.1, -0.05) is 18.5 Å². The van der Waals surface area contributed by atoms with Crippen LogP contribution in [0.15, 0.2) is 18.2 Å². The zero-order valence-electron chi connectivity index (χ0n) is 8.55. The summed E-state index contributed by atoms with van der Waals surface area (Å²) < 4.78 is 0. The molecule has 1 aromatic carbocycles. The largest absolute Gasteiger partial charge is 0.383 e. The van der Waals surface area contributed by atoms with Gasteiger partial charge in [0.05, 0.1) is 11.4 Å². The Balaban J connectivity index is 2.38. The summed E-state index contributed by atoms with van der Waals surface area (Å²) in [6.45, 7) is 4.34. The van der Waals surface area contributed by atoms with Gasteiger partial charge in [0.2, 0.25) is 0 Å². The number of halogens is 1. The van der Waals surface area contributed by atoms with E-state index in [2.05, 4.69) is 30.3 Å². The van der Waals surface area contributed by atoms with E-state index in [1.165, 1.54) is 5.69 Å². The second-order valence-corrected chi connectivity index (χ2v) is 4.46. The van der Waals surface area contributed by atoms with Crippen LogP contribution in [0.1, 0.15) is 6.92 Å². The maximum absolute atomic E-state index is 5.96. The van der Waals surface area contributed by atoms with Crippen LogP contribution in [0.3, 0.4) is 0 Å². The van der Waals surface area contributed by atoms with Crippen molar-refractivity contribution in [2.45, 2.75) is 6.92 Å². The third-order valence-electron chi connectivity index (χ3n) is 2.60. The summed E-state index contributed by atoms with van der Waals surface area (Å²) in [4.78, 5) is 2.27. The molecule has 14 heavy (non-hydrogen) atoms. The molecule has 3 heteroatoms. The van der Waals surface area contributed by atoms with Crippen LogP contribution in [-0.2, 0) is 0 Å². The summed E-state index contributed by atoms with van der Waals surface area (Å²) in [7, 11) is 2.12. The van der Waals surface area contributed by atoms with E-state index in [0.717, 1.165) is 23.8 Å². The molecule has 1 aromatic rings. The fourth-order valence-corrected chi connectivity index (χ4v) is 2.07. The molecule has 1 unspecified atom stereocenters. The molecule has 0 amide bonds. The van der Waals surface area contributed by atoms with Crippen LogP contribution < -0.4 is 10.2 Å². The highest BCUT2D eigenvalue weighted by Crippen LogP contribution is 2.30. The van der Waals surface area contributed by atoms with Crippen LogP contribution in [-0.4, -0.2) is 20.1 Å². The Bertz CT molecular complexity index is 338. The van der Waals surface area contributed by atoms with Crippen molar-refractivity contribution in [2.24, 2.45) is 5.92 Å². The quantitative estimate of drug-likeness (QED) is 0.709. The number of nitrogens with one attached hydrogen (secondary N) is 1. The summed E-state index contributed by atoms with van der Waals surface area (Å²) >= 11 is 5.96. The summed E-state index contributed by atoms with van der Waals surface area (Å²) in [6.07, 6.45) is 0. The van der Waals surface area contributed by atoms with Crippen molar-refractivity contribution >= 4 is 23.0 Å². The van der Waals surface area contributed by atoms with Crippen molar-refractivity contribution in [1.29, 1.82) is 0 Å². The molecule has 0 aromatic heterocycles. The van der Waals surface area contributed by atoms with Gasteiger partial charge in [0.25, 0.3) is 0 Å². The van der Waals surface area contributed by atoms with Crippen molar-refractivity contribution in [3.05, 3.63) is 23.2 Å². The third kappa shape index (κ3) is 1.80. The lowest BCUT2D eigenvalue weighted by molar-refractivity contribution is 0.618. The van der Waals surface area contributed by atoms with Crippen molar-refractivity contribution < 1.29 is 0 Å². The first kappa shape index (κ1) is 9.66.